The Hall–Kier alpha value is -2.89. The van der Waals surface area contributed by atoms with Crippen LogP contribution in [-0.2, 0) is 0 Å². The molecule has 0 aromatic heterocycles. The van der Waals surface area contributed by atoms with Crippen LogP contribution in [0.2, 0.25) is 0 Å². The van der Waals surface area contributed by atoms with Crippen LogP contribution in [0.5, 0.6) is 0 Å². The summed E-state index contributed by atoms with van der Waals surface area (Å²) < 4.78 is 0. The van der Waals surface area contributed by atoms with Gasteiger partial charge in [-0.15, -0.1) is 0 Å². The number of nitrogens with two attached hydrogens (primary N) is 1. The smallest absolute Gasteiger partial charge is 0.292 e. The summed E-state index contributed by atoms with van der Waals surface area (Å²) in [5, 5.41) is 13.2. The van der Waals surface area contributed by atoms with Crippen LogP contribution in [0.4, 0.5) is 17.1 Å². The highest BCUT2D eigenvalue weighted by molar-refractivity contribution is 6.04. The summed E-state index contributed by atoms with van der Waals surface area (Å²) in [4.78, 5) is 21.9. The number of nitro groups is 1. The Morgan fingerprint density at radius 3 is 2.42 bits per heavy atom. The summed E-state index contributed by atoms with van der Waals surface area (Å²) in [6.45, 7) is 0. The van der Waals surface area contributed by atoms with Crippen molar-refractivity contribution >= 4 is 23.0 Å². The van der Waals surface area contributed by atoms with E-state index in [0.717, 1.165) is 0 Å². The normalized spacial score (nSPS) is 9.89. The predicted molar refractivity (Wildman–Crippen MR) is 71.9 cm³/mol. The van der Waals surface area contributed by atoms with Gasteiger partial charge in [0.25, 0.3) is 11.6 Å². The van der Waals surface area contributed by atoms with Crippen molar-refractivity contribution in [2.75, 3.05) is 11.1 Å². The van der Waals surface area contributed by atoms with Crippen molar-refractivity contribution in [3.05, 3.63) is 64.2 Å². The molecule has 0 aliphatic rings. The zero-order valence-electron chi connectivity index (χ0n) is 9.87. The van der Waals surface area contributed by atoms with Gasteiger partial charge in [0.2, 0.25) is 0 Å². The molecule has 0 fully saturated rings. The Balaban J connectivity index is 2.19. The molecule has 3 N–H and O–H groups in total. The maximum absolute atomic E-state index is 11.9. The molecular formula is C13H11N3O3. The number of hydrogen-bond donors (Lipinski definition) is 2. The molecule has 0 unspecified atom stereocenters. The second-order valence-corrected chi connectivity index (χ2v) is 3.85. The largest absolute Gasteiger partial charge is 0.393 e. The van der Waals surface area contributed by atoms with Gasteiger partial charge < -0.3 is 11.1 Å². The van der Waals surface area contributed by atoms with Crippen molar-refractivity contribution in [2.45, 2.75) is 0 Å². The van der Waals surface area contributed by atoms with Crippen LogP contribution in [0, 0.1) is 10.1 Å². The molecule has 2 rings (SSSR count). The van der Waals surface area contributed by atoms with Gasteiger partial charge in [0, 0.05) is 17.3 Å². The molecule has 0 saturated carbocycles. The number of benzene rings is 2. The monoisotopic (exact) mass is 257 g/mol. The maximum Gasteiger partial charge on any atom is 0.292 e. The van der Waals surface area contributed by atoms with E-state index in [9.17, 15) is 14.9 Å². The highest BCUT2D eigenvalue weighted by atomic mass is 16.6. The molecule has 96 valence electrons. The molecule has 0 aliphatic heterocycles. The number of nitrogen functional groups attached to an aromatic ring is 1. The third-order valence-corrected chi connectivity index (χ3v) is 2.52. The van der Waals surface area contributed by atoms with Gasteiger partial charge in [0.05, 0.1) is 4.92 Å². The number of amides is 1. The second kappa shape index (κ2) is 5.18. The topological polar surface area (TPSA) is 98.3 Å². The van der Waals surface area contributed by atoms with Gasteiger partial charge in [-0.1, -0.05) is 18.2 Å². The van der Waals surface area contributed by atoms with Crippen LogP contribution in [0.15, 0.2) is 48.5 Å². The minimum Gasteiger partial charge on any atom is -0.393 e. The Bertz CT molecular complexity index is 626. The number of rotatable bonds is 3. The van der Waals surface area contributed by atoms with Crippen molar-refractivity contribution in [3.63, 3.8) is 0 Å². The number of nitrogens with zero attached hydrogens (tertiary/aromatic N) is 1. The molecule has 19 heavy (non-hydrogen) atoms. The molecule has 0 radical (unpaired) electrons. The summed E-state index contributed by atoms with van der Waals surface area (Å²) in [5.41, 5.74) is 6.28. The van der Waals surface area contributed by atoms with Gasteiger partial charge in [-0.05, 0) is 24.3 Å². The quantitative estimate of drug-likeness (QED) is 0.501. The highest BCUT2D eigenvalue weighted by Gasteiger charge is 2.12. The summed E-state index contributed by atoms with van der Waals surface area (Å²) in [5.74, 6) is -0.297. The van der Waals surface area contributed by atoms with E-state index in [2.05, 4.69) is 5.32 Å². The lowest BCUT2D eigenvalue weighted by molar-refractivity contribution is -0.383. The van der Waals surface area contributed by atoms with E-state index in [4.69, 9.17) is 5.73 Å². The molecule has 2 aromatic rings. The van der Waals surface area contributed by atoms with E-state index in [1.807, 2.05) is 0 Å². The fourth-order valence-corrected chi connectivity index (χ4v) is 1.59. The summed E-state index contributed by atoms with van der Waals surface area (Å²) in [7, 11) is 0. The SMILES string of the molecule is Nc1cc(NC(=O)c2ccccc2)ccc1[N+](=O)[O-]. The van der Waals surface area contributed by atoms with E-state index < -0.39 is 4.92 Å². The third kappa shape index (κ3) is 2.86. The average Bonchev–Trinajstić information content (AvgIpc) is 2.39. The van der Waals surface area contributed by atoms with Crippen molar-refractivity contribution in [3.8, 4) is 0 Å². The highest BCUT2D eigenvalue weighted by Crippen LogP contribution is 2.24. The van der Waals surface area contributed by atoms with Gasteiger partial charge in [0.1, 0.15) is 5.69 Å². The maximum atomic E-state index is 11.9. The second-order valence-electron chi connectivity index (χ2n) is 3.85. The summed E-state index contributed by atoms with van der Waals surface area (Å²) >= 11 is 0. The van der Waals surface area contributed by atoms with Crippen molar-refractivity contribution < 1.29 is 9.72 Å². The molecular weight excluding hydrogens is 246 g/mol. The van der Waals surface area contributed by atoms with Crippen LogP contribution >= 0.6 is 0 Å². The van der Waals surface area contributed by atoms with Gasteiger partial charge in [0.15, 0.2) is 0 Å². The molecule has 0 saturated heterocycles. The number of carbonyl (C=O) groups is 1. The molecule has 6 heteroatoms. The van der Waals surface area contributed by atoms with E-state index >= 15 is 0 Å². The zero-order chi connectivity index (χ0) is 13.8. The lowest BCUT2D eigenvalue weighted by Crippen LogP contribution is -2.12. The Morgan fingerprint density at radius 1 is 1.16 bits per heavy atom. The number of nitro benzene ring substituents is 1. The van der Waals surface area contributed by atoms with Crippen molar-refractivity contribution in [2.24, 2.45) is 0 Å². The molecule has 0 spiro atoms. The zero-order valence-corrected chi connectivity index (χ0v) is 9.87. The van der Waals surface area contributed by atoms with Gasteiger partial charge in [-0.2, -0.15) is 0 Å². The molecule has 6 nitrogen and oxygen atoms in total. The molecule has 0 bridgehead atoms. The predicted octanol–water partition coefficient (Wildman–Crippen LogP) is 2.43. The minimum absolute atomic E-state index is 0.0101. The van der Waals surface area contributed by atoms with Gasteiger partial charge in [-0.25, -0.2) is 0 Å². The summed E-state index contributed by atoms with van der Waals surface area (Å²) in [6.07, 6.45) is 0. The minimum atomic E-state index is -0.571. The fourth-order valence-electron chi connectivity index (χ4n) is 1.59. The van der Waals surface area contributed by atoms with Crippen LogP contribution in [0.1, 0.15) is 10.4 Å². The Kier molecular flexibility index (Phi) is 3.42. The lowest BCUT2D eigenvalue weighted by Gasteiger charge is -2.06. The molecule has 1 amide bonds. The van der Waals surface area contributed by atoms with E-state index in [0.29, 0.717) is 11.3 Å². The number of carbonyl (C=O) groups excluding carboxylic acids is 1. The first-order valence-corrected chi connectivity index (χ1v) is 5.48. The molecule has 0 heterocycles. The van der Waals surface area contributed by atoms with Crippen LogP contribution in [0.3, 0.4) is 0 Å². The molecule has 0 atom stereocenters. The van der Waals surface area contributed by atoms with Gasteiger partial charge in [-0.3, -0.25) is 14.9 Å². The van der Waals surface area contributed by atoms with Crippen LogP contribution in [-0.4, -0.2) is 10.8 Å². The standard InChI is InChI=1S/C13H11N3O3/c14-11-8-10(6-7-12(11)16(18)19)15-13(17)9-4-2-1-3-5-9/h1-8H,14H2,(H,15,17). The first-order chi connectivity index (χ1) is 9.08. The van der Waals surface area contributed by atoms with Crippen molar-refractivity contribution in [1.82, 2.24) is 0 Å². The lowest BCUT2D eigenvalue weighted by atomic mass is 10.2. The third-order valence-electron chi connectivity index (χ3n) is 2.52. The summed E-state index contributed by atoms with van der Waals surface area (Å²) in [6, 6.07) is 12.7. The Labute approximate surface area is 109 Å². The van der Waals surface area contributed by atoms with E-state index in [1.54, 1.807) is 30.3 Å². The van der Waals surface area contributed by atoms with Gasteiger partial charge >= 0.3 is 0 Å². The van der Waals surface area contributed by atoms with E-state index in [-0.39, 0.29) is 17.3 Å². The fraction of sp³-hybridized carbons (Fsp3) is 0. The number of anilines is 2. The van der Waals surface area contributed by atoms with Crippen LogP contribution in [0.25, 0.3) is 0 Å². The van der Waals surface area contributed by atoms with E-state index in [1.165, 1.54) is 18.2 Å². The van der Waals surface area contributed by atoms with Crippen molar-refractivity contribution in [1.29, 1.82) is 0 Å². The molecule has 0 aliphatic carbocycles. The number of nitrogens with one attached hydrogen (secondary N) is 1. The Morgan fingerprint density at radius 2 is 1.84 bits per heavy atom. The first-order valence-electron chi connectivity index (χ1n) is 5.48. The number of hydrogen-bond acceptors (Lipinski definition) is 4. The van der Waals surface area contributed by atoms with Crippen LogP contribution < -0.4 is 11.1 Å². The molecule has 2 aromatic carbocycles. The first kappa shape index (κ1) is 12.6. The average molecular weight is 257 g/mol.